The number of nitrogens with zero attached hydrogens (tertiary/aromatic N) is 3. The molecule has 7 rings (SSSR count). The molecule has 6 nitrogen and oxygen atoms in total. The van der Waals surface area contributed by atoms with Gasteiger partial charge >= 0.3 is 0 Å². The average Bonchev–Trinajstić information content (AvgIpc) is 3.64. The minimum atomic E-state index is -0.833. The topological polar surface area (TPSA) is 66.2 Å². The number of hydrogen-bond acceptors (Lipinski definition) is 6. The largest absolute Gasteiger partial charge is 0.490 e. The van der Waals surface area contributed by atoms with Gasteiger partial charge in [0.25, 0.3) is 0 Å². The number of fused-ring (bicyclic) bond motifs is 3. The first kappa shape index (κ1) is 31.2. The molecule has 2 aromatic heterocycles. The smallest absolute Gasteiger partial charge is 0.165 e. The summed E-state index contributed by atoms with van der Waals surface area (Å²) in [5, 5.41) is 6.32. The molecule has 0 saturated carbocycles. The van der Waals surface area contributed by atoms with Crippen molar-refractivity contribution < 1.29 is 18.7 Å². The zero-order valence-corrected chi connectivity index (χ0v) is 28.6. The predicted octanol–water partition coefficient (Wildman–Crippen LogP) is 9.71. The second-order valence-electron chi connectivity index (χ2n) is 13.5. The number of aryl methyl sites for hydroxylation is 2. The third-order valence-corrected chi connectivity index (χ3v) is 10.1. The highest BCUT2D eigenvalue weighted by Gasteiger charge is 2.32. The van der Waals surface area contributed by atoms with Crippen molar-refractivity contribution in [3.63, 3.8) is 0 Å². The lowest BCUT2D eigenvalue weighted by Crippen LogP contribution is -2.27. The Balaban J connectivity index is 1.45. The third-order valence-electron chi connectivity index (χ3n) is 8.93. The first-order valence-electron chi connectivity index (χ1n) is 16.0. The fourth-order valence-electron chi connectivity index (χ4n) is 6.73. The van der Waals surface area contributed by atoms with E-state index in [2.05, 4.69) is 41.5 Å². The SMILES string of the molecule is CC(=O)[C@@H](OC(C)(C)C)c1c(C)cc2nc(-c3cccc(-c4ccc5c(cnn5C)c4)c3)sc2c1-c1cc(F)c2c(c1C)CCCO2. The van der Waals surface area contributed by atoms with Crippen molar-refractivity contribution in [2.75, 3.05) is 6.61 Å². The van der Waals surface area contributed by atoms with Crippen molar-refractivity contribution in [3.05, 3.63) is 88.9 Å². The van der Waals surface area contributed by atoms with Crippen molar-refractivity contribution in [3.8, 4) is 38.6 Å². The summed E-state index contributed by atoms with van der Waals surface area (Å²) in [5.74, 6) is -0.158. The van der Waals surface area contributed by atoms with Crippen LogP contribution in [0.3, 0.4) is 0 Å². The Morgan fingerprint density at radius 2 is 1.83 bits per heavy atom. The van der Waals surface area contributed by atoms with Crippen LogP contribution in [0.25, 0.3) is 53.9 Å². The number of ether oxygens (including phenoxy) is 2. The van der Waals surface area contributed by atoms with E-state index in [0.717, 1.165) is 89.0 Å². The highest BCUT2D eigenvalue weighted by Crippen LogP contribution is 2.47. The van der Waals surface area contributed by atoms with E-state index in [9.17, 15) is 4.79 Å². The molecule has 0 bridgehead atoms. The number of hydrogen-bond donors (Lipinski definition) is 0. The molecule has 0 saturated heterocycles. The van der Waals surface area contributed by atoms with Crippen LogP contribution in [0.1, 0.15) is 62.5 Å². The van der Waals surface area contributed by atoms with Crippen molar-refractivity contribution >= 4 is 38.2 Å². The van der Waals surface area contributed by atoms with Gasteiger partial charge in [0.05, 0.1) is 34.1 Å². The van der Waals surface area contributed by atoms with Gasteiger partial charge in [0.2, 0.25) is 0 Å². The van der Waals surface area contributed by atoms with Crippen LogP contribution in [0, 0.1) is 19.7 Å². The standard InChI is InChI=1S/C39H38FN3O3S/c1-21-16-31-37(47-38(42-31)26-11-8-10-24(17-26)25-13-14-32-27(18-25)20-41-43(32)7)34(33(21)35(23(3)44)46-39(4,5)6)29-19-30(40)36-28(22(29)2)12-9-15-45-36/h8,10-11,13-14,16-20,35H,9,12,15H2,1-7H3/t35-/m1/s1. The van der Waals surface area contributed by atoms with E-state index in [-0.39, 0.29) is 11.6 Å². The number of carbonyl (C=O) groups excluding carboxylic acids is 1. The second kappa shape index (κ2) is 11.7. The molecule has 1 aliphatic heterocycles. The number of thiazole rings is 1. The van der Waals surface area contributed by atoms with Crippen molar-refractivity contribution in [1.82, 2.24) is 14.8 Å². The van der Waals surface area contributed by atoms with Crippen LogP contribution in [0.5, 0.6) is 5.75 Å². The average molecular weight is 648 g/mol. The number of ketones is 1. The predicted molar refractivity (Wildman–Crippen MR) is 188 cm³/mol. The molecule has 1 aliphatic rings. The van der Waals surface area contributed by atoms with Gasteiger partial charge in [-0.25, -0.2) is 9.37 Å². The number of carbonyl (C=O) groups is 1. The lowest BCUT2D eigenvalue weighted by Gasteiger charge is -2.30. The van der Waals surface area contributed by atoms with Gasteiger partial charge in [-0.2, -0.15) is 5.10 Å². The molecular weight excluding hydrogens is 610 g/mol. The molecule has 8 heteroatoms. The molecule has 0 radical (unpaired) electrons. The molecule has 0 N–H and O–H groups in total. The molecule has 0 spiro atoms. The number of Topliss-reactive ketones (excluding diaryl/α,β-unsaturated/α-hetero) is 1. The zero-order chi connectivity index (χ0) is 33.2. The van der Waals surface area contributed by atoms with Crippen molar-refractivity contribution in [1.29, 1.82) is 0 Å². The normalized spacial score (nSPS) is 14.0. The van der Waals surface area contributed by atoms with Crippen LogP contribution >= 0.6 is 11.3 Å². The van der Waals surface area contributed by atoms with Crippen LogP contribution in [-0.4, -0.2) is 32.8 Å². The Morgan fingerprint density at radius 1 is 1.06 bits per heavy atom. The van der Waals surface area contributed by atoms with Gasteiger partial charge in [-0.1, -0.05) is 24.3 Å². The Morgan fingerprint density at radius 3 is 2.60 bits per heavy atom. The Kier molecular flexibility index (Phi) is 7.76. The fraction of sp³-hybridized carbons (Fsp3) is 0.308. The minimum absolute atomic E-state index is 0.105. The van der Waals surface area contributed by atoms with E-state index < -0.39 is 11.7 Å². The van der Waals surface area contributed by atoms with Gasteiger partial charge in [0, 0.05) is 34.7 Å². The molecule has 240 valence electrons. The quantitative estimate of drug-likeness (QED) is 0.180. The summed E-state index contributed by atoms with van der Waals surface area (Å²) in [6.45, 7) is 11.9. The van der Waals surface area contributed by atoms with Crippen LogP contribution in [0.15, 0.2) is 60.8 Å². The van der Waals surface area contributed by atoms with Gasteiger partial charge in [-0.15, -0.1) is 11.3 Å². The molecule has 6 aromatic rings. The zero-order valence-electron chi connectivity index (χ0n) is 27.8. The molecule has 47 heavy (non-hydrogen) atoms. The van der Waals surface area contributed by atoms with Crippen LogP contribution in [-0.2, 0) is 23.0 Å². The highest BCUT2D eigenvalue weighted by atomic mass is 32.1. The summed E-state index contributed by atoms with van der Waals surface area (Å²) in [4.78, 5) is 18.5. The summed E-state index contributed by atoms with van der Waals surface area (Å²) >= 11 is 1.56. The monoisotopic (exact) mass is 647 g/mol. The fourth-order valence-corrected chi connectivity index (χ4v) is 7.84. The third kappa shape index (κ3) is 5.63. The Labute approximate surface area is 278 Å². The van der Waals surface area contributed by atoms with Gasteiger partial charge in [-0.05, 0) is 113 Å². The maximum absolute atomic E-state index is 15.8. The molecule has 0 fully saturated rings. The lowest BCUT2D eigenvalue weighted by atomic mass is 9.85. The van der Waals surface area contributed by atoms with Gasteiger partial charge in [0.15, 0.2) is 17.3 Å². The van der Waals surface area contributed by atoms with E-state index in [1.54, 1.807) is 24.3 Å². The van der Waals surface area contributed by atoms with Crippen molar-refractivity contribution in [2.45, 2.75) is 66.1 Å². The van der Waals surface area contributed by atoms with E-state index >= 15 is 4.39 Å². The van der Waals surface area contributed by atoms with Gasteiger partial charge < -0.3 is 9.47 Å². The minimum Gasteiger partial charge on any atom is -0.490 e. The number of rotatable bonds is 6. The molecule has 4 aromatic carbocycles. The maximum Gasteiger partial charge on any atom is 0.165 e. The summed E-state index contributed by atoms with van der Waals surface area (Å²) in [5.41, 5.74) is 9.46. The molecule has 0 amide bonds. The Hall–Kier alpha value is -4.40. The van der Waals surface area contributed by atoms with E-state index in [0.29, 0.717) is 12.4 Å². The summed E-state index contributed by atoms with van der Waals surface area (Å²) in [7, 11) is 1.94. The lowest BCUT2D eigenvalue weighted by molar-refractivity contribution is -0.138. The molecular formula is C39H38FN3O3S. The summed E-state index contributed by atoms with van der Waals surface area (Å²) in [6.07, 6.45) is 2.61. The van der Waals surface area contributed by atoms with Gasteiger partial charge in [0.1, 0.15) is 11.1 Å². The maximum atomic E-state index is 15.8. The first-order valence-corrected chi connectivity index (χ1v) is 16.8. The van der Waals surface area contributed by atoms with Gasteiger partial charge in [-0.3, -0.25) is 9.48 Å². The molecule has 3 heterocycles. The number of benzene rings is 4. The Bertz CT molecular complexity index is 2210. The number of halogens is 1. The van der Waals surface area contributed by atoms with Crippen LogP contribution < -0.4 is 4.74 Å². The first-order chi connectivity index (χ1) is 22.4. The second-order valence-corrected chi connectivity index (χ2v) is 14.5. The van der Waals surface area contributed by atoms with Crippen LogP contribution in [0.4, 0.5) is 4.39 Å². The molecule has 1 atom stereocenters. The van der Waals surface area contributed by atoms with E-state index in [1.165, 1.54) is 0 Å². The van der Waals surface area contributed by atoms with E-state index in [1.807, 2.05) is 64.7 Å². The highest BCUT2D eigenvalue weighted by molar-refractivity contribution is 7.22. The summed E-state index contributed by atoms with van der Waals surface area (Å²) < 4.78 is 30.8. The molecule has 0 aliphatic carbocycles. The number of aromatic nitrogens is 3. The van der Waals surface area contributed by atoms with Crippen LogP contribution in [0.2, 0.25) is 0 Å². The van der Waals surface area contributed by atoms with E-state index in [4.69, 9.17) is 14.5 Å². The molecule has 0 unspecified atom stereocenters. The van der Waals surface area contributed by atoms with Crippen molar-refractivity contribution in [2.24, 2.45) is 7.05 Å². The summed E-state index contributed by atoms with van der Waals surface area (Å²) in [6, 6.07) is 18.3.